The number of aryl methyl sites for hydroxylation is 2. The van der Waals surface area contributed by atoms with Crippen LogP contribution >= 0.6 is 0 Å². The molecule has 0 saturated carbocycles. The van der Waals surface area contributed by atoms with Crippen LogP contribution in [0.15, 0.2) is 34.9 Å². The summed E-state index contributed by atoms with van der Waals surface area (Å²) in [5.41, 5.74) is 2.33. The number of hydrogen-bond donors (Lipinski definition) is 1. The van der Waals surface area contributed by atoms with E-state index in [0.29, 0.717) is 24.7 Å². The summed E-state index contributed by atoms with van der Waals surface area (Å²) in [7, 11) is 0. The molecule has 0 radical (unpaired) electrons. The fourth-order valence-electron chi connectivity index (χ4n) is 2.00. The summed E-state index contributed by atoms with van der Waals surface area (Å²) in [4.78, 5) is 12.7. The highest BCUT2D eigenvalue weighted by molar-refractivity contribution is 5.67. The van der Waals surface area contributed by atoms with E-state index in [2.05, 4.69) is 5.16 Å². The van der Waals surface area contributed by atoms with Gasteiger partial charge < -0.3 is 14.5 Å². The van der Waals surface area contributed by atoms with Crippen molar-refractivity contribution in [2.24, 2.45) is 0 Å². The lowest BCUT2D eigenvalue weighted by atomic mass is 10.1. The Morgan fingerprint density at radius 2 is 2.10 bits per heavy atom. The molecule has 0 saturated heterocycles. The lowest BCUT2D eigenvalue weighted by Crippen LogP contribution is -2.26. The van der Waals surface area contributed by atoms with Crippen LogP contribution in [0.25, 0.3) is 0 Å². The van der Waals surface area contributed by atoms with Gasteiger partial charge in [-0.3, -0.25) is 4.79 Å². The first kappa shape index (κ1) is 14.1. The Bertz CT molecular complexity index is 592. The van der Waals surface area contributed by atoms with Crippen LogP contribution in [0.5, 0.6) is 0 Å². The van der Waals surface area contributed by atoms with Gasteiger partial charge in [0.15, 0.2) is 5.82 Å². The average Bonchev–Trinajstić information content (AvgIpc) is 2.83. The van der Waals surface area contributed by atoms with E-state index in [4.69, 9.17) is 9.63 Å². The number of anilines is 1. The molecular weight excluding hydrogens is 256 g/mol. The molecule has 0 fully saturated rings. The van der Waals surface area contributed by atoms with E-state index in [1.807, 2.05) is 49.1 Å². The van der Waals surface area contributed by atoms with Crippen molar-refractivity contribution in [1.82, 2.24) is 5.16 Å². The number of carbonyl (C=O) groups is 1. The first-order valence-corrected chi connectivity index (χ1v) is 6.51. The Labute approximate surface area is 117 Å². The summed E-state index contributed by atoms with van der Waals surface area (Å²) in [6.45, 7) is 4.87. The van der Waals surface area contributed by atoms with Crippen LogP contribution in [0.3, 0.4) is 0 Å². The van der Waals surface area contributed by atoms with Crippen molar-refractivity contribution in [3.63, 3.8) is 0 Å². The van der Waals surface area contributed by atoms with Gasteiger partial charge in [-0.05, 0) is 25.0 Å². The molecule has 1 heterocycles. The highest BCUT2D eigenvalue weighted by atomic mass is 16.5. The molecule has 0 aliphatic heterocycles. The molecule has 0 amide bonds. The molecule has 1 aromatic carbocycles. The van der Waals surface area contributed by atoms with Gasteiger partial charge in [-0.2, -0.15) is 0 Å². The number of carboxylic acids is 1. The third-order valence-corrected chi connectivity index (χ3v) is 3.16. The normalized spacial score (nSPS) is 10.5. The maximum absolute atomic E-state index is 10.8. The summed E-state index contributed by atoms with van der Waals surface area (Å²) in [5, 5.41) is 12.8. The van der Waals surface area contributed by atoms with Crippen LogP contribution in [0.2, 0.25) is 0 Å². The van der Waals surface area contributed by atoms with Crippen molar-refractivity contribution >= 4 is 11.8 Å². The summed E-state index contributed by atoms with van der Waals surface area (Å²) < 4.78 is 5.08. The highest BCUT2D eigenvalue weighted by Gasteiger charge is 2.14. The largest absolute Gasteiger partial charge is 0.481 e. The van der Waals surface area contributed by atoms with Crippen LogP contribution in [-0.4, -0.2) is 22.8 Å². The monoisotopic (exact) mass is 274 g/mol. The SMILES string of the molecule is Cc1cc(N(CCC(=O)O)Cc2ccccc2C)no1. The van der Waals surface area contributed by atoms with Gasteiger partial charge in [0.25, 0.3) is 0 Å². The third-order valence-electron chi connectivity index (χ3n) is 3.16. The van der Waals surface area contributed by atoms with E-state index in [-0.39, 0.29) is 6.42 Å². The molecule has 106 valence electrons. The minimum Gasteiger partial charge on any atom is -0.481 e. The zero-order valence-electron chi connectivity index (χ0n) is 11.7. The zero-order valence-corrected chi connectivity index (χ0v) is 11.7. The van der Waals surface area contributed by atoms with Gasteiger partial charge in [-0.15, -0.1) is 0 Å². The molecule has 5 nitrogen and oxygen atoms in total. The van der Waals surface area contributed by atoms with Crippen LogP contribution in [-0.2, 0) is 11.3 Å². The number of nitrogens with zero attached hydrogens (tertiary/aromatic N) is 2. The average molecular weight is 274 g/mol. The van der Waals surface area contributed by atoms with Crippen molar-refractivity contribution in [2.75, 3.05) is 11.4 Å². The minimum absolute atomic E-state index is 0.0673. The molecular formula is C15H18N2O3. The number of benzene rings is 1. The minimum atomic E-state index is -0.819. The molecule has 5 heteroatoms. The maximum Gasteiger partial charge on any atom is 0.305 e. The predicted molar refractivity (Wildman–Crippen MR) is 75.7 cm³/mol. The number of aromatic nitrogens is 1. The molecule has 2 aromatic rings. The van der Waals surface area contributed by atoms with E-state index in [1.54, 1.807) is 0 Å². The topological polar surface area (TPSA) is 66.6 Å². The number of rotatable bonds is 6. The second-order valence-corrected chi connectivity index (χ2v) is 4.79. The van der Waals surface area contributed by atoms with Crippen molar-refractivity contribution < 1.29 is 14.4 Å². The van der Waals surface area contributed by atoms with Crippen molar-refractivity contribution in [2.45, 2.75) is 26.8 Å². The Kier molecular flexibility index (Phi) is 4.40. The lowest BCUT2D eigenvalue weighted by molar-refractivity contribution is -0.136. The van der Waals surface area contributed by atoms with Gasteiger partial charge in [-0.1, -0.05) is 29.4 Å². The van der Waals surface area contributed by atoms with Gasteiger partial charge in [-0.25, -0.2) is 0 Å². The third kappa shape index (κ3) is 3.60. The molecule has 2 rings (SSSR count). The van der Waals surface area contributed by atoms with Crippen molar-refractivity contribution in [1.29, 1.82) is 0 Å². The first-order chi connectivity index (χ1) is 9.56. The first-order valence-electron chi connectivity index (χ1n) is 6.51. The van der Waals surface area contributed by atoms with E-state index < -0.39 is 5.97 Å². The van der Waals surface area contributed by atoms with Crippen molar-refractivity contribution in [3.8, 4) is 0 Å². The summed E-state index contributed by atoms with van der Waals surface area (Å²) in [6, 6.07) is 9.86. The highest BCUT2D eigenvalue weighted by Crippen LogP contribution is 2.19. The quantitative estimate of drug-likeness (QED) is 0.877. The van der Waals surface area contributed by atoms with Gasteiger partial charge in [0.05, 0.1) is 6.42 Å². The fraction of sp³-hybridized carbons (Fsp3) is 0.333. The van der Waals surface area contributed by atoms with Crippen LogP contribution in [0, 0.1) is 13.8 Å². The van der Waals surface area contributed by atoms with Crippen LogP contribution < -0.4 is 4.90 Å². The van der Waals surface area contributed by atoms with Gasteiger partial charge in [0.2, 0.25) is 0 Å². The molecule has 0 aliphatic rings. The summed E-state index contributed by atoms with van der Waals surface area (Å²) in [6.07, 6.45) is 0.0673. The molecule has 0 unspecified atom stereocenters. The Balaban J connectivity index is 2.18. The maximum atomic E-state index is 10.8. The van der Waals surface area contributed by atoms with Gasteiger partial charge in [0, 0.05) is 19.2 Å². The van der Waals surface area contributed by atoms with Crippen LogP contribution in [0.4, 0.5) is 5.82 Å². The zero-order chi connectivity index (χ0) is 14.5. The second kappa shape index (κ2) is 6.23. The Hall–Kier alpha value is -2.30. The fourth-order valence-corrected chi connectivity index (χ4v) is 2.00. The molecule has 0 atom stereocenters. The number of carboxylic acid groups (broad SMARTS) is 1. The van der Waals surface area contributed by atoms with Gasteiger partial charge in [0.1, 0.15) is 5.76 Å². The van der Waals surface area contributed by atoms with E-state index in [9.17, 15) is 4.79 Å². The van der Waals surface area contributed by atoms with Gasteiger partial charge >= 0.3 is 5.97 Å². The predicted octanol–water partition coefficient (Wildman–Crippen LogP) is 2.77. The Morgan fingerprint density at radius 3 is 2.70 bits per heavy atom. The second-order valence-electron chi connectivity index (χ2n) is 4.79. The molecule has 1 aromatic heterocycles. The Morgan fingerprint density at radius 1 is 1.35 bits per heavy atom. The lowest BCUT2D eigenvalue weighted by Gasteiger charge is -2.21. The van der Waals surface area contributed by atoms with E-state index in [1.165, 1.54) is 5.56 Å². The molecule has 0 aliphatic carbocycles. The molecule has 1 N–H and O–H groups in total. The van der Waals surface area contributed by atoms with Crippen LogP contribution in [0.1, 0.15) is 23.3 Å². The number of aliphatic carboxylic acids is 1. The van der Waals surface area contributed by atoms with E-state index >= 15 is 0 Å². The molecule has 0 spiro atoms. The smallest absolute Gasteiger partial charge is 0.305 e. The summed E-state index contributed by atoms with van der Waals surface area (Å²) in [5.74, 6) is 0.567. The number of hydrogen-bond acceptors (Lipinski definition) is 4. The molecule has 0 bridgehead atoms. The van der Waals surface area contributed by atoms with E-state index in [0.717, 1.165) is 5.56 Å². The van der Waals surface area contributed by atoms with Crippen molar-refractivity contribution in [3.05, 3.63) is 47.2 Å². The molecule has 20 heavy (non-hydrogen) atoms. The standard InChI is InChI=1S/C15H18N2O3/c1-11-5-3-4-6-13(11)10-17(8-7-15(18)19)14-9-12(2)20-16-14/h3-6,9H,7-8,10H2,1-2H3,(H,18,19). The summed E-state index contributed by atoms with van der Waals surface area (Å²) >= 11 is 0.